The van der Waals surface area contributed by atoms with Crippen LogP contribution in [0.4, 0.5) is 17.6 Å². The number of sulfone groups is 1. The van der Waals surface area contributed by atoms with E-state index in [1.54, 1.807) is 0 Å². The fourth-order valence-electron chi connectivity index (χ4n) is 4.12. The van der Waals surface area contributed by atoms with Gasteiger partial charge in [0.05, 0.1) is 22.3 Å². The molecule has 2 fully saturated rings. The first-order valence-corrected chi connectivity index (χ1v) is 11.6. The van der Waals surface area contributed by atoms with Gasteiger partial charge in [-0.25, -0.2) is 12.8 Å². The number of hydrogen-bond acceptors (Lipinski definition) is 4. The van der Waals surface area contributed by atoms with Gasteiger partial charge in [-0.15, -0.1) is 0 Å². The number of carbonyl (C=O) groups is 1. The third-order valence-electron chi connectivity index (χ3n) is 6.13. The number of nitrogens with one attached hydrogen (secondary N) is 2. The van der Waals surface area contributed by atoms with Crippen molar-refractivity contribution in [3.63, 3.8) is 0 Å². The summed E-state index contributed by atoms with van der Waals surface area (Å²) in [5, 5.41) is 5.30. The number of halogens is 4. The lowest BCUT2D eigenvalue weighted by atomic mass is 9.78. The zero-order valence-corrected chi connectivity index (χ0v) is 17.5. The van der Waals surface area contributed by atoms with E-state index < -0.39 is 37.5 Å². The largest absolute Gasteiger partial charge is 0.419 e. The van der Waals surface area contributed by atoms with Crippen molar-refractivity contribution in [3.8, 4) is 0 Å². The van der Waals surface area contributed by atoms with Crippen LogP contribution in [0.2, 0.25) is 0 Å². The van der Waals surface area contributed by atoms with Crippen molar-refractivity contribution < 1.29 is 30.8 Å². The Kier molecular flexibility index (Phi) is 6.48. The van der Waals surface area contributed by atoms with E-state index in [4.69, 9.17) is 0 Å². The molecule has 2 N–H and O–H groups in total. The summed E-state index contributed by atoms with van der Waals surface area (Å²) in [4.78, 5) is 11.5. The summed E-state index contributed by atoms with van der Waals surface area (Å²) in [6.07, 6.45) is -0.447. The Morgan fingerprint density at radius 1 is 1.17 bits per heavy atom. The van der Waals surface area contributed by atoms with Gasteiger partial charge in [0.15, 0.2) is 9.84 Å². The van der Waals surface area contributed by atoms with E-state index >= 15 is 0 Å². The molecule has 1 aromatic rings. The standard InChI is InChI=1S/C20H26F4N2O3S/c1-19(9-2-10-19)26-18(27)12-25-13-3-5-14(6-4-13)30(28,29)15-7-8-17(21)16(11-15)20(22,23)24/h7-8,11,13-14,25H,2-6,9-10,12H2,1H3,(H,26,27). The molecular weight excluding hydrogens is 424 g/mol. The summed E-state index contributed by atoms with van der Waals surface area (Å²) >= 11 is 0. The first kappa shape index (κ1) is 23.0. The lowest BCUT2D eigenvalue weighted by Crippen LogP contribution is -2.54. The summed E-state index contributed by atoms with van der Waals surface area (Å²) in [6, 6.07) is 1.77. The van der Waals surface area contributed by atoms with E-state index in [9.17, 15) is 30.8 Å². The Hall–Kier alpha value is -1.68. The van der Waals surface area contributed by atoms with Crippen LogP contribution in [0.25, 0.3) is 0 Å². The predicted octanol–water partition coefficient (Wildman–Crippen LogP) is 3.58. The Labute approximate surface area is 173 Å². The SMILES string of the molecule is CC1(NC(=O)CNC2CCC(S(=O)(=O)c3ccc(F)c(C(F)(F)F)c3)CC2)CCC1. The van der Waals surface area contributed by atoms with E-state index in [1.807, 2.05) is 6.92 Å². The highest BCUT2D eigenvalue weighted by Gasteiger charge is 2.38. The Morgan fingerprint density at radius 2 is 1.80 bits per heavy atom. The van der Waals surface area contributed by atoms with Gasteiger partial charge in [0, 0.05) is 11.6 Å². The maximum atomic E-state index is 13.5. The highest BCUT2D eigenvalue weighted by Crippen LogP contribution is 2.35. The third-order valence-corrected chi connectivity index (χ3v) is 8.39. The first-order chi connectivity index (χ1) is 13.9. The van der Waals surface area contributed by atoms with Crippen LogP contribution in [0.5, 0.6) is 0 Å². The van der Waals surface area contributed by atoms with Crippen molar-refractivity contribution >= 4 is 15.7 Å². The van der Waals surface area contributed by atoms with Gasteiger partial charge in [0.25, 0.3) is 0 Å². The molecule has 5 nitrogen and oxygen atoms in total. The molecule has 0 unspecified atom stereocenters. The second-order valence-electron chi connectivity index (χ2n) is 8.50. The van der Waals surface area contributed by atoms with Crippen LogP contribution in [-0.4, -0.2) is 37.7 Å². The van der Waals surface area contributed by atoms with Crippen LogP contribution < -0.4 is 10.6 Å². The summed E-state index contributed by atoms with van der Waals surface area (Å²) in [5.41, 5.74) is -1.71. The average molecular weight is 450 g/mol. The third kappa shape index (κ3) is 5.14. The second-order valence-corrected chi connectivity index (χ2v) is 10.7. The lowest BCUT2D eigenvalue weighted by molar-refractivity contribution is -0.140. The Balaban J connectivity index is 1.56. The van der Waals surface area contributed by atoms with Gasteiger partial charge in [-0.3, -0.25) is 4.79 Å². The molecule has 0 aromatic heterocycles. The highest BCUT2D eigenvalue weighted by atomic mass is 32.2. The van der Waals surface area contributed by atoms with E-state index in [0.717, 1.165) is 25.3 Å². The fourth-order valence-corrected chi connectivity index (χ4v) is 5.94. The van der Waals surface area contributed by atoms with Gasteiger partial charge >= 0.3 is 6.18 Å². The van der Waals surface area contributed by atoms with Gasteiger partial charge in [0.1, 0.15) is 5.82 Å². The van der Waals surface area contributed by atoms with Crippen LogP contribution in [0.15, 0.2) is 23.1 Å². The van der Waals surface area contributed by atoms with Crippen molar-refractivity contribution in [2.24, 2.45) is 0 Å². The molecule has 3 rings (SSSR count). The van der Waals surface area contributed by atoms with E-state index in [1.165, 1.54) is 0 Å². The van der Waals surface area contributed by atoms with Crippen molar-refractivity contribution in [2.75, 3.05) is 6.54 Å². The molecule has 2 aliphatic rings. The molecule has 0 aliphatic heterocycles. The maximum absolute atomic E-state index is 13.5. The van der Waals surface area contributed by atoms with Crippen LogP contribution in [0.3, 0.4) is 0 Å². The number of benzene rings is 1. The molecule has 0 atom stereocenters. The zero-order chi connectivity index (χ0) is 22.2. The van der Waals surface area contributed by atoms with Gasteiger partial charge < -0.3 is 10.6 Å². The quantitative estimate of drug-likeness (QED) is 0.513. The summed E-state index contributed by atoms with van der Waals surface area (Å²) in [6.45, 7) is 2.15. The normalized spacial score (nSPS) is 24.2. The molecule has 10 heteroatoms. The van der Waals surface area contributed by atoms with Crippen molar-refractivity contribution in [2.45, 2.75) is 79.8 Å². The topological polar surface area (TPSA) is 75.3 Å². The minimum absolute atomic E-state index is 0.0321. The van der Waals surface area contributed by atoms with Crippen LogP contribution in [0, 0.1) is 5.82 Å². The number of amides is 1. The van der Waals surface area contributed by atoms with Gasteiger partial charge in [-0.05, 0) is 70.1 Å². The number of carbonyl (C=O) groups excluding carboxylic acids is 1. The minimum atomic E-state index is -4.96. The van der Waals surface area contributed by atoms with E-state index in [-0.39, 0.29) is 36.9 Å². The number of rotatable bonds is 6. The van der Waals surface area contributed by atoms with E-state index in [0.29, 0.717) is 25.0 Å². The molecular formula is C20H26F4N2O3S. The van der Waals surface area contributed by atoms with Crippen molar-refractivity contribution in [1.29, 1.82) is 0 Å². The average Bonchev–Trinajstić information content (AvgIpc) is 2.64. The minimum Gasteiger partial charge on any atom is -0.350 e. The van der Waals surface area contributed by atoms with Crippen LogP contribution >= 0.6 is 0 Å². The van der Waals surface area contributed by atoms with Gasteiger partial charge in [0.2, 0.25) is 5.91 Å². The molecule has 0 heterocycles. The lowest BCUT2D eigenvalue weighted by Gasteiger charge is -2.39. The molecule has 0 spiro atoms. The summed E-state index contributed by atoms with van der Waals surface area (Å²) < 4.78 is 77.8. The zero-order valence-electron chi connectivity index (χ0n) is 16.7. The molecule has 1 aromatic carbocycles. The molecule has 30 heavy (non-hydrogen) atoms. The molecule has 168 valence electrons. The molecule has 0 bridgehead atoms. The monoisotopic (exact) mass is 450 g/mol. The molecule has 1 amide bonds. The first-order valence-electron chi connectivity index (χ1n) is 10.1. The summed E-state index contributed by atoms with van der Waals surface area (Å²) in [7, 11) is -4.01. The van der Waals surface area contributed by atoms with Crippen molar-refractivity contribution in [3.05, 3.63) is 29.6 Å². The number of hydrogen-bond donors (Lipinski definition) is 2. The van der Waals surface area contributed by atoms with Crippen LogP contribution in [0.1, 0.15) is 57.4 Å². The van der Waals surface area contributed by atoms with Crippen molar-refractivity contribution in [1.82, 2.24) is 10.6 Å². The number of alkyl halides is 3. The Morgan fingerprint density at radius 3 is 2.33 bits per heavy atom. The molecule has 2 saturated carbocycles. The van der Waals surface area contributed by atoms with Crippen LogP contribution in [-0.2, 0) is 20.8 Å². The predicted molar refractivity (Wildman–Crippen MR) is 103 cm³/mol. The molecule has 0 saturated heterocycles. The van der Waals surface area contributed by atoms with E-state index in [2.05, 4.69) is 10.6 Å². The smallest absolute Gasteiger partial charge is 0.350 e. The fraction of sp³-hybridized carbons (Fsp3) is 0.650. The molecule has 0 radical (unpaired) electrons. The van der Waals surface area contributed by atoms with Gasteiger partial charge in [-0.2, -0.15) is 13.2 Å². The summed E-state index contributed by atoms with van der Waals surface area (Å²) in [5.74, 6) is -1.60. The molecule has 2 aliphatic carbocycles. The maximum Gasteiger partial charge on any atom is 0.419 e. The Bertz CT molecular complexity index is 890. The second kappa shape index (κ2) is 8.45. The highest BCUT2D eigenvalue weighted by molar-refractivity contribution is 7.92. The van der Waals surface area contributed by atoms with Gasteiger partial charge in [-0.1, -0.05) is 0 Å².